The number of piperidine rings is 1. The fourth-order valence-corrected chi connectivity index (χ4v) is 5.13. The van der Waals surface area contributed by atoms with E-state index in [-0.39, 0.29) is 11.4 Å². The first-order chi connectivity index (χ1) is 13.9. The van der Waals surface area contributed by atoms with Crippen LogP contribution in [0, 0.1) is 5.92 Å². The van der Waals surface area contributed by atoms with Crippen molar-refractivity contribution in [2.45, 2.75) is 30.8 Å². The van der Waals surface area contributed by atoms with Gasteiger partial charge in [-0.1, -0.05) is 25.1 Å². The van der Waals surface area contributed by atoms with Gasteiger partial charge < -0.3 is 14.7 Å². The molecule has 0 aromatic heterocycles. The third kappa shape index (κ3) is 5.50. The molecule has 1 fully saturated rings. The van der Waals surface area contributed by atoms with Crippen LogP contribution in [-0.4, -0.2) is 57.8 Å². The number of benzene rings is 2. The average molecular weight is 419 g/mol. The number of rotatable bonds is 8. The SMILES string of the molecule is COc1ccc(N(CC(O)CN2CCC(C)CC2)S(=O)(=O)c2ccccc2)cc1. The summed E-state index contributed by atoms with van der Waals surface area (Å²) in [5.41, 5.74) is 0.501. The van der Waals surface area contributed by atoms with Crippen LogP contribution in [0.15, 0.2) is 59.5 Å². The summed E-state index contributed by atoms with van der Waals surface area (Å²) in [6.07, 6.45) is 1.43. The zero-order chi connectivity index (χ0) is 20.9. The van der Waals surface area contributed by atoms with E-state index in [0.29, 0.717) is 23.9 Å². The number of aliphatic hydroxyl groups is 1. The van der Waals surface area contributed by atoms with Crippen LogP contribution in [0.4, 0.5) is 5.69 Å². The Balaban J connectivity index is 1.82. The molecular formula is C22H30N2O4S. The predicted molar refractivity (Wildman–Crippen MR) is 115 cm³/mol. The number of nitrogens with zero attached hydrogens (tertiary/aromatic N) is 2. The van der Waals surface area contributed by atoms with Crippen LogP contribution in [0.5, 0.6) is 5.75 Å². The smallest absolute Gasteiger partial charge is 0.264 e. The number of hydrogen-bond acceptors (Lipinski definition) is 5. The minimum Gasteiger partial charge on any atom is -0.497 e. The van der Waals surface area contributed by atoms with Gasteiger partial charge in [-0.15, -0.1) is 0 Å². The lowest BCUT2D eigenvalue weighted by atomic mass is 9.99. The summed E-state index contributed by atoms with van der Waals surface area (Å²) in [4.78, 5) is 2.42. The van der Waals surface area contributed by atoms with E-state index >= 15 is 0 Å². The maximum absolute atomic E-state index is 13.3. The molecule has 0 saturated carbocycles. The highest BCUT2D eigenvalue weighted by Gasteiger charge is 2.28. The van der Waals surface area contributed by atoms with Gasteiger partial charge in [-0.3, -0.25) is 4.31 Å². The third-order valence-corrected chi connectivity index (χ3v) is 7.22. The fraction of sp³-hybridized carbons (Fsp3) is 0.455. The van der Waals surface area contributed by atoms with Gasteiger partial charge in [-0.2, -0.15) is 0 Å². The average Bonchev–Trinajstić information content (AvgIpc) is 2.74. The second-order valence-corrected chi connectivity index (χ2v) is 9.55. The van der Waals surface area contributed by atoms with Crippen LogP contribution in [0.1, 0.15) is 19.8 Å². The largest absolute Gasteiger partial charge is 0.497 e. The summed E-state index contributed by atoms with van der Waals surface area (Å²) in [6.45, 7) is 4.57. The summed E-state index contributed by atoms with van der Waals surface area (Å²) in [5, 5.41) is 10.7. The van der Waals surface area contributed by atoms with E-state index < -0.39 is 16.1 Å². The number of anilines is 1. The molecule has 1 saturated heterocycles. The van der Waals surface area contributed by atoms with Crippen LogP contribution < -0.4 is 9.04 Å². The Morgan fingerprint density at radius 2 is 1.72 bits per heavy atom. The monoisotopic (exact) mass is 418 g/mol. The van der Waals surface area contributed by atoms with Crippen molar-refractivity contribution in [3.8, 4) is 5.75 Å². The third-order valence-electron chi connectivity index (χ3n) is 5.41. The number of sulfonamides is 1. The van der Waals surface area contributed by atoms with Crippen molar-refractivity contribution in [3.63, 3.8) is 0 Å². The molecule has 7 heteroatoms. The molecule has 0 radical (unpaired) electrons. The van der Waals surface area contributed by atoms with E-state index in [1.165, 1.54) is 4.31 Å². The van der Waals surface area contributed by atoms with Crippen LogP contribution in [-0.2, 0) is 10.0 Å². The van der Waals surface area contributed by atoms with E-state index in [2.05, 4.69) is 11.8 Å². The highest BCUT2D eigenvalue weighted by atomic mass is 32.2. The van der Waals surface area contributed by atoms with Crippen molar-refractivity contribution in [2.24, 2.45) is 5.92 Å². The van der Waals surface area contributed by atoms with Gasteiger partial charge in [0.15, 0.2) is 0 Å². The van der Waals surface area contributed by atoms with Gasteiger partial charge in [-0.05, 0) is 68.2 Å². The van der Waals surface area contributed by atoms with Crippen LogP contribution >= 0.6 is 0 Å². The molecule has 0 amide bonds. The Morgan fingerprint density at radius 3 is 2.31 bits per heavy atom. The fourth-order valence-electron chi connectivity index (χ4n) is 3.60. The lowest BCUT2D eigenvalue weighted by Gasteiger charge is -2.33. The van der Waals surface area contributed by atoms with Crippen molar-refractivity contribution in [1.82, 2.24) is 4.90 Å². The van der Waals surface area contributed by atoms with E-state index in [1.54, 1.807) is 61.7 Å². The molecule has 158 valence electrons. The van der Waals surface area contributed by atoms with Gasteiger partial charge in [0.25, 0.3) is 10.0 Å². The molecule has 2 aromatic carbocycles. The van der Waals surface area contributed by atoms with Crippen molar-refractivity contribution in [3.05, 3.63) is 54.6 Å². The molecule has 1 N–H and O–H groups in total. The normalized spacial score (nSPS) is 17.1. The molecule has 0 spiro atoms. The number of hydrogen-bond donors (Lipinski definition) is 1. The number of aliphatic hydroxyl groups excluding tert-OH is 1. The van der Waals surface area contributed by atoms with Crippen LogP contribution in [0.3, 0.4) is 0 Å². The molecule has 1 aliphatic heterocycles. The van der Waals surface area contributed by atoms with Gasteiger partial charge in [-0.25, -0.2) is 8.42 Å². The van der Waals surface area contributed by atoms with E-state index in [1.807, 2.05) is 0 Å². The standard InChI is InChI=1S/C22H30N2O4S/c1-18-12-14-23(15-13-18)16-20(25)17-24(19-8-10-21(28-2)11-9-19)29(26,27)22-6-4-3-5-7-22/h3-11,18,20,25H,12-17H2,1-2H3. The quantitative estimate of drug-likeness (QED) is 0.714. The maximum atomic E-state index is 13.3. The summed E-state index contributed by atoms with van der Waals surface area (Å²) in [7, 11) is -2.24. The van der Waals surface area contributed by atoms with Crippen molar-refractivity contribution in [1.29, 1.82) is 0 Å². The molecular weight excluding hydrogens is 388 g/mol. The summed E-state index contributed by atoms with van der Waals surface area (Å²) >= 11 is 0. The van der Waals surface area contributed by atoms with E-state index in [9.17, 15) is 13.5 Å². The Kier molecular flexibility index (Phi) is 7.16. The minimum atomic E-state index is -3.80. The highest BCUT2D eigenvalue weighted by molar-refractivity contribution is 7.92. The lowest BCUT2D eigenvalue weighted by molar-refractivity contribution is 0.0971. The summed E-state index contributed by atoms with van der Waals surface area (Å²) in [5.74, 6) is 1.35. The first kappa shape index (κ1) is 21.6. The van der Waals surface area contributed by atoms with Crippen LogP contribution in [0.2, 0.25) is 0 Å². The van der Waals surface area contributed by atoms with Gasteiger partial charge in [0.05, 0.1) is 30.3 Å². The molecule has 1 unspecified atom stereocenters. The lowest BCUT2D eigenvalue weighted by Crippen LogP contribution is -2.44. The van der Waals surface area contributed by atoms with Crippen molar-refractivity contribution < 1.29 is 18.3 Å². The molecule has 1 atom stereocenters. The molecule has 0 bridgehead atoms. The van der Waals surface area contributed by atoms with Gasteiger partial charge in [0, 0.05) is 6.54 Å². The molecule has 3 rings (SSSR count). The Bertz CT molecular complexity index is 863. The van der Waals surface area contributed by atoms with Crippen molar-refractivity contribution in [2.75, 3.05) is 37.6 Å². The number of methoxy groups -OCH3 is 1. The Labute approximate surface area is 173 Å². The Hall–Kier alpha value is -2.09. The summed E-state index contributed by atoms with van der Waals surface area (Å²) < 4.78 is 33.1. The van der Waals surface area contributed by atoms with Gasteiger partial charge in [0.2, 0.25) is 0 Å². The number of ether oxygens (including phenoxy) is 1. The first-order valence-corrected chi connectivity index (χ1v) is 11.5. The van der Waals surface area contributed by atoms with Crippen LogP contribution in [0.25, 0.3) is 0 Å². The molecule has 0 aliphatic carbocycles. The number of β-amino-alcohol motifs (C(OH)–C–C–N with tert-alkyl or cyclic N) is 1. The zero-order valence-electron chi connectivity index (χ0n) is 17.1. The predicted octanol–water partition coefficient (Wildman–Crippen LogP) is 2.98. The maximum Gasteiger partial charge on any atom is 0.264 e. The second kappa shape index (κ2) is 9.61. The topological polar surface area (TPSA) is 70.1 Å². The zero-order valence-corrected chi connectivity index (χ0v) is 17.9. The number of likely N-dealkylation sites (tertiary alicyclic amines) is 1. The minimum absolute atomic E-state index is 0.00436. The van der Waals surface area contributed by atoms with Gasteiger partial charge >= 0.3 is 0 Å². The Morgan fingerprint density at radius 1 is 1.10 bits per heavy atom. The first-order valence-electron chi connectivity index (χ1n) is 10.0. The molecule has 1 heterocycles. The molecule has 29 heavy (non-hydrogen) atoms. The van der Waals surface area contributed by atoms with E-state index in [0.717, 1.165) is 25.9 Å². The van der Waals surface area contributed by atoms with E-state index in [4.69, 9.17) is 4.74 Å². The second-order valence-electron chi connectivity index (χ2n) is 7.68. The molecule has 2 aromatic rings. The molecule has 1 aliphatic rings. The highest BCUT2D eigenvalue weighted by Crippen LogP contribution is 2.26. The molecule has 6 nitrogen and oxygen atoms in total. The van der Waals surface area contributed by atoms with Crippen molar-refractivity contribution >= 4 is 15.7 Å². The van der Waals surface area contributed by atoms with Gasteiger partial charge in [0.1, 0.15) is 5.75 Å². The summed E-state index contributed by atoms with van der Waals surface area (Å²) in [6, 6.07) is 15.2.